The van der Waals surface area contributed by atoms with Crippen LogP contribution in [0.25, 0.3) is 0 Å². The number of rotatable bonds is 3. The second-order valence-electron chi connectivity index (χ2n) is 4.26. The number of hydrogen-bond acceptors (Lipinski definition) is 3. The summed E-state index contributed by atoms with van der Waals surface area (Å²) in [6, 6.07) is 6.04. The van der Waals surface area contributed by atoms with Gasteiger partial charge in [-0.25, -0.2) is 0 Å². The Labute approximate surface area is 119 Å². The minimum Gasteiger partial charge on any atom is -0.325 e. The van der Waals surface area contributed by atoms with Gasteiger partial charge in [0, 0.05) is 17.3 Å². The Bertz CT molecular complexity index is 419. The lowest BCUT2D eigenvalue weighted by atomic mass is 10.1. The molecule has 1 aliphatic rings. The van der Waals surface area contributed by atoms with Crippen molar-refractivity contribution in [2.24, 2.45) is 0 Å². The number of aryl methyl sites for hydroxylation is 2. The van der Waals surface area contributed by atoms with E-state index in [1.54, 1.807) is 11.8 Å². The van der Waals surface area contributed by atoms with Gasteiger partial charge in [-0.3, -0.25) is 10.1 Å². The van der Waals surface area contributed by atoms with Gasteiger partial charge in [0.25, 0.3) is 0 Å². The molecule has 5 heteroatoms. The lowest BCUT2D eigenvalue weighted by molar-refractivity contribution is -0.117. The molecule has 100 valence electrons. The maximum absolute atomic E-state index is 11.9. The first-order chi connectivity index (χ1) is 8.20. The van der Waals surface area contributed by atoms with Crippen LogP contribution in [0.2, 0.25) is 0 Å². The number of anilines is 1. The van der Waals surface area contributed by atoms with Crippen molar-refractivity contribution < 1.29 is 4.79 Å². The zero-order chi connectivity index (χ0) is 12.3. The van der Waals surface area contributed by atoms with Gasteiger partial charge in [0.2, 0.25) is 5.91 Å². The molecule has 0 aromatic heterocycles. The highest BCUT2D eigenvalue weighted by Gasteiger charge is 2.22. The Kier molecular flexibility index (Phi) is 5.99. The first-order valence-corrected chi connectivity index (χ1v) is 7.07. The van der Waals surface area contributed by atoms with Crippen molar-refractivity contribution in [3.8, 4) is 0 Å². The zero-order valence-electron chi connectivity index (χ0n) is 10.7. The van der Waals surface area contributed by atoms with Crippen LogP contribution in [-0.2, 0) is 11.2 Å². The number of carbonyl (C=O) groups is 1. The van der Waals surface area contributed by atoms with E-state index >= 15 is 0 Å². The van der Waals surface area contributed by atoms with E-state index in [1.165, 1.54) is 11.1 Å². The van der Waals surface area contributed by atoms with E-state index in [1.807, 2.05) is 6.07 Å². The molecule has 2 N–H and O–H groups in total. The number of amides is 1. The summed E-state index contributed by atoms with van der Waals surface area (Å²) < 4.78 is 0. The summed E-state index contributed by atoms with van der Waals surface area (Å²) >= 11 is 1.76. The quantitative estimate of drug-likeness (QED) is 0.897. The van der Waals surface area contributed by atoms with Crippen LogP contribution in [0.4, 0.5) is 5.69 Å². The lowest BCUT2D eigenvalue weighted by Gasteiger charge is -2.12. The van der Waals surface area contributed by atoms with E-state index in [4.69, 9.17) is 0 Å². The smallest absolute Gasteiger partial charge is 0.242 e. The van der Waals surface area contributed by atoms with Gasteiger partial charge in [0.15, 0.2) is 0 Å². The summed E-state index contributed by atoms with van der Waals surface area (Å²) in [6.07, 6.45) is 0.993. The third kappa shape index (κ3) is 3.64. The molecule has 3 nitrogen and oxygen atoms in total. The van der Waals surface area contributed by atoms with E-state index < -0.39 is 0 Å². The summed E-state index contributed by atoms with van der Waals surface area (Å²) in [7, 11) is 0. The van der Waals surface area contributed by atoms with Crippen molar-refractivity contribution in [2.75, 3.05) is 16.9 Å². The molecule has 0 radical (unpaired) electrons. The molecular formula is C13H19ClN2OS. The normalized spacial score (nSPS) is 18.2. The van der Waals surface area contributed by atoms with Crippen molar-refractivity contribution in [1.29, 1.82) is 0 Å². The van der Waals surface area contributed by atoms with E-state index in [9.17, 15) is 4.79 Å². The summed E-state index contributed by atoms with van der Waals surface area (Å²) in [4.78, 5) is 11.9. The van der Waals surface area contributed by atoms with Gasteiger partial charge in [0.1, 0.15) is 0 Å². The largest absolute Gasteiger partial charge is 0.325 e. The topological polar surface area (TPSA) is 41.1 Å². The summed E-state index contributed by atoms with van der Waals surface area (Å²) in [5.74, 6) is 1.80. The summed E-state index contributed by atoms with van der Waals surface area (Å²) in [6.45, 7) is 4.22. The molecule has 18 heavy (non-hydrogen) atoms. The van der Waals surface area contributed by atoms with Crippen LogP contribution >= 0.6 is 24.2 Å². The molecule has 0 saturated carbocycles. The van der Waals surface area contributed by atoms with E-state index in [0.29, 0.717) is 0 Å². The Morgan fingerprint density at radius 3 is 2.94 bits per heavy atom. The highest BCUT2D eigenvalue weighted by atomic mass is 35.5. The monoisotopic (exact) mass is 286 g/mol. The molecule has 0 spiro atoms. The third-order valence-electron chi connectivity index (χ3n) is 3.03. The van der Waals surface area contributed by atoms with Gasteiger partial charge in [-0.05, 0) is 36.6 Å². The fourth-order valence-corrected chi connectivity index (χ4v) is 2.86. The molecule has 1 amide bonds. The molecule has 1 aromatic rings. The summed E-state index contributed by atoms with van der Waals surface area (Å²) in [5, 5.41) is 6.14. The number of carbonyl (C=O) groups excluding carboxylic acids is 1. The van der Waals surface area contributed by atoms with Crippen molar-refractivity contribution in [3.63, 3.8) is 0 Å². The van der Waals surface area contributed by atoms with Gasteiger partial charge in [-0.2, -0.15) is 0 Å². The van der Waals surface area contributed by atoms with E-state index in [-0.39, 0.29) is 24.4 Å². The number of hydrogen-bond donors (Lipinski definition) is 2. The first kappa shape index (κ1) is 15.3. The predicted octanol–water partition coefficient (Wildman–Crippen LogP) is 2.58. The highest BCUT2D eigenvalue weighted by molar-refractivity contribution is 7.99. The van der Waals surface area contributed by atoms with Gasteiger partial charge in [0.05, 0.1) is 6.04 Å². The van der Waals surface area contributed by atoms with Gasteiger partial charge < -0.3 is 5.32 Å². The fraction of sp³-hybridized carbons (Fsp3) is 0.462. The van der Waals surface area contributed by atoms with Crippen molar-refractivity contribution in [1.82, 2.24) is 5.32 Å². The second kappa shape index (κ2) is 7.02. The van der Waals surface area contributed by atoms with Gasteiger partial charge in [-0.1, -0.05) is 13.0 Å². The molecule has 1 saturated heterocycles. The van der Waals surface area contributed by atoms with Gasteiger partial charge >= 0.3 is 0 Å². The molecule has 1 fully saturated rings. The molecule has 1 heterocycles. The minimum absolute atomic E-state index is 0. The van der Waals surface area contributed by atoms with E-state index in [2.05, 4.69) is 36.6 Å². The zero-order valence-corrected chi connectivity index (χ0v) is 12.3. The maximum atomic E-state index is 11.9. The first-order valence-electron chi connectivity index (χ1n) is 5.92. The third-order valence-corrected chi connectivity index (χ3v) is 3.97. The van der Waals surface area contributed by atoms with Crippen LogP contribution in [0.1, 0.15) is 18.1 Å². The minimum atomic E-state index is -0.0496. The fourth-order valence-electron chi connectivity index (χ4n) is 1.92. The number of halogens is 1. The maximum Gasteiger partial charge on any atom is 0.242 e. The van der Waals surface area contributed by atoms with Crippen LogP contribution in [-0.4, -0.2) is 23.6 Å². The lowest BCUT2D eigenvalue weighted by Crippen LogP contribution is -2.37. The predicted molar refractivity (Wildman–Crippen MR) is 80.7 cm³/mol. The van der Waals surface area contributed by atoms with Crippen LogP contribution in [0.3, 0.4) is 0 Å². The number of thioether (sulfide) groups is 1. The Hall–Kier alpha value is -0.710. The molecule has 1 aliphatic heterocycles. The molecule has 0 aliphatic carbocycles. The molecule has 1 atom stereocenters. The number of nitrogens with one attached hydrogen (secondary N) is 2. The second-order valence-corrected chi connectivity index (χ2v) is 5.29. The standard InChI is InChI=1S/C13H18N2OS.ClH/c1-3-10-6-11(5-4-9(10)2)15-13(16)12-7-17-8-14-12;/h4-6,12,14H,3,7-8H2,1-2H3,(H,15,16);1H. The van der Waals surface area contributed by atoms with Crippen LogP contribution in [0, 0.1) is 6.92 Å². The van der Waals surface area contributed by atoms with Crippen molar-refractivity contribution in [2.45, 2.75) is 26.3 Å². The van der Waals surface area contributed by atoms with Crippen LogP contribution in [0.5, 0.6) is 0 Å². The summed E-state index contributed by atoms with van der Waals surface area (Å²) in [5.41, 5.74) is 3.47. The molecule has 1 aromatic carbocycles. The van der Waals surface area contributed by atoms with Crippen LogP contribution < -0.4 is 10.6 Å². The van der Waals surface area contributed by atoms with Crippen molar-refractivity contribution in [3.05, 3.63) is 29.3 Å². The molecular weight excluding hydrogens is 268 g/mol. The molecule has 1 unspecified atom stereocenters. The Morgan fingerprint density at radius 2 is 2.33 bits per heavy atom. The highest BCUT2D eigenvalue weighted by Crippen LogP contribution is 2.17. The SMILES string of the molecule is CCc1cc(NC(=O)C2CSCN2)ccc1C.Cl. The average Bonchev–Trinajstić information content (AvgIpc) is 2.85. The Balaban J connectivity index is 0.00000162. The van der Waals surface area contributed by atoms with Crippen molar-refractivity contribution >= 4 is 35.8 Å². The molecule has 2 rings (SSSR count). The Morgan fingerprint density at radius 1 is 1.56 bits per heavy atom. The number of benzene rings is 1. The molecule has 0 bridgehead atoms. The van der Waals surface area contributed by atoms with E-state index in [0.717, 1.165) is 23.7 Å². The average molecular weight is 287 g/mol. The van der Waals surface area contributed by atoms with Gasteiger partial charge in [-0.15, -0.1) is 24.2 Å². The van der Waals surface area contributed by atoms with Crippen LogP contribution in [0.15, 0.2) is 18.2 Å².